The summed E-state index contributed by atoms with van der Waals surface area (Å²) in [5, 5.41) is 6.08. The molecule has 0 aliphatic rings. The molecule has 0 rings (SSSR count). The Bertz CT molecular complexity index is 220. The first kappa shape index (κ1) is 26.8. The zero-order valence-electron chi connectivity index (χ0n) is 14.2. The molecule has 0 bridgehead atoms. The van der Waals surface area contributed by atoms with Gasteiger partial charge in [0.05, 0.1) is 0 Å². The van der Waals surface area contributed by atoms with Crippen molar-refractivity contribution in [2.45, 2.75) is 71.1 Å². The van der Waals surface area contributed by atoms with Crippen molar-refractivity contribution >= 4 is 30.7 Å². The van der Waals surface area contributed by atoms with E-state index in [1.165, 1.54) is 51.4 Å². The van der Waals surface area contributed by atoms with E-state index in [0.29, 0.717) is 19.5 Å². The summed E-state index contributed by atoms with van der Waals surface area (Å²) in [7, 11) is 0. The molecule has 0 radical (unpaired) electrons. The van der Waals surface area contributed by atoms with E-state index in [4.69, 9.17) is 5.73 Å². The van der Waals surface area contributed by atoms with Gasteiger partial charge in [-0.3, -0.25) is 4.79 Å². The minimum absolute atomic E-state index is 0. The lowest BCUT2D eigenvalue weighted by Gasteiger charge is -2.06. The number of nitrogens with two attached hydrogens (primary N) is 1. The minimum Gasteiger partial charge on any atom is -0.355 e. The number of halogens is 2. The molecule has 0 aliphatic carbocycles. The highest BCUT2D eigenvalue weighted by Gasteiger charge is 2.00. The second-order valence-electron chi connectivity index (χ2n) is 5.47. The highest BCUT2D eigenvalue weighted by molar-refractivity contribution is 5.85. The highest BCUT2D eigenvalue weighted by Crippen LogP contribution is 2.10. The van der Waals surface area contributed by atoms with E-state index in [1.807, 2.05) is 0 Å². The summed E-state index contributed by atoms with van der Waals surface area (Å²) in [6.07, 6.45) is 12.3. The summed E-state index contributed by atoms with van der Waals surface area (Å²) >= 11 is 0. The van der Waals surface area contributed by atoms with Crippen LogP contribution in [-0.4, -0.2) is 32.1 Å². The van der Waals surface area contributed by atoms with E-state index in [9.17, 15) is 4.79 Å². The summed E-state index contributed by atoms with van der Waals surface area (Å²) in [5.41, 5.74) is 5.36. The fourth-order valence-electron chi connectivity index (χ4n) is 2.20. The number of rotatable bonds is 15. The second kappa shape index (κ2) is 23.2. The van der Waals surface area contributed by atoms with Gasteiger partial charge in [-0.2, -0.15) is 0 Å². The Hall–Kier alpha value is -0.0300. The normalized spacial score (nSPS) is 9.73. The Labute approximate surface area is 149 Å². The standard InChI is InChI=1S/C16H35N3O.2ClH/c1-2-3-4-5-6-7-8-9-10-11-16(20)19-15-14-18-13-12-17;;/h18H,2-15,17H2,1H3,(H,19,20);2*1H. The lowest BCUT2D eigenvalue weighted by atomic mass is 10.1. The van der Waals surface area contributed by atoms with Gasteiger partial charge in [-0.25, -0.2) is 0 Å². The Balaban J connectivity index is -0.00000180. The third-order valence-corrected chi connectivity index (χ3v) is 3.45. The van der Waals surface area contributed by atoms with Crippen LogP contribution in [0.15, 0.2) is 0 Å². The number of unbranched alkanes of at least 4 members (excludes halogenated alkanes) is 8. The van der Waals surface area contributed by atoms with Crippen LogP contribution in [0.5, 0.6) is 0 Å². The Morgan fingerprint density at radius 3 is 1.91 bits per heavy atom. The van der Waals surface area contributed by atoms with E-state index in [-0.39, 0.29) is 30.7 Å². The van der Waals surface area contributed by atoms with Crippen molar-refractivity contribution in [1.82, 2.24) is 10.6 Å². The Morgan fingerprint density at radius 2 is 1.36 bits per heavy atom. The van der Waals surface area contributed by atoms with Gasteiger partial charge in [-0.1, -0.05) is 58.3 Å². The maximum atomic E-state index is 11.5. The zero-order valence-corrected chi connectivity index (χ0v) is 15.8. The second-order valence-corrected chi connectivity index (χ2v) is 5.47. The van der Waals surface area contributed by atoms with Gasteiger partial charge in [0.15, 0.2) is 0 Å². The van der Waals surface area contributed by atoms with E-state index < -0.39 is 0 Å². The Kier molecular flexibility index (Phi) is 28.4. The van der Waals surface area contributed by atoms with Crippen molar-refractivity contribution in [1.29, 1.82) is 0 Å². The maximum Gasteiger partial charge on any atom is 0.220 e. The first-order valence-corrected chi connectivity index (χ1v) is 8.48. The molecule has 0 heterocycles. The van der Waals surface area contributed by atoms with Gasteiger partial charge in [0.25, 0.3) is 0 Å². The smallest absolute Gasteiger partial charge is 0.220 e. The van der Waals surface area contributed by atoms with Crippen molar-refractivity contribution in [3.8, 4) is 0 Å². The predicted octanol–water partition coefficient (Wildman–Crippen LogP) is 3.42. The molecule has 0 fully saturated rings. The van der Waals surface area contributed by atoms with Crippen molar-refractivity contribution in [3.05, 3.63) is 0 Å². The van der Waals surface area contributed by atoms with Crippen LogP contribution < -0.4 is 16.4 Å². The quantitative estimate of drug-likeness (QED) is 0.393. The van der Waals surface area contributed by atoms with Crippen molar-refractivity contribution in [2.75, 3.05) is 26.2 Å². The van der Waals surface area contributed by atoms with Crippen LogP contribution >= 0.6 is 24.8 Å². The molecule has 22 heavy (non-hydrogen) atoms. The Morgan fingerprint density at radius 1 is 0.818 bits per heavy atom. The molecule has 0 aromatic heterocycles. The van der Waals surface area contributed by atoms with Crippen LogP contribution in [0.2, 0.25) is 0 Å². The minimum atomic E-state index is 0. The van der Waals surface area contributed by atoms with Crippen LogP contribution in [0.1, 0.15) is 71.1 Å². The molecule has 0 atom stereocenters. The molecule has 136 valence electrons. The molecular weight excluding hydrogens is 321 g/mol. The number of amides is 1. The summed E-state index contributed by atoms with van der Waals surface area (Å²) in [6.45, 7) is 5.22. The molecular formula is C16H37Cl2N3O. The molecule has 0 aliphatic heterocycles. The van der Waals surface area contributed by atoms with Gasteiger partial charge in [0.2, 0.25) is 5.91 Å². The fourth-order valence-corrected chi connectivity index (χ4v) is 2.20. The van der Waals surface area contributed by atoms with Crippen LogP contribution in [0.4, 0.5) is 0 Å². The zero-order chi connectivity index (χ0) is 14.9. The molecule has 0 unspecified atom stereocenters. The lowest BCUT2D eigenvalue weighted by Crippen LogP contribution is -2.33. The molecule has 4 N–H and O–H groups in total. The summed E-state index contributed by atoms with van der Waals surface area (Å²) in [6, 6.07) is 0. The molecule has 4 nitrogen and oxygen atoms in total. The van der Waals surface area contributed by atoms with Gasteiger partial charge in [-0.15, -0.1) is 24.8 Å². The predicted molar refractivity (Wildman–Crippen MR) is 101 cm³/mol. The average molecular weight is 358 g/mol. The number of carbonyl (C=O) groups excluding carboxylic acids is 1. The largest absolute Gasteiger partial charge is 0.355 e. The third kappa shape index (κ3) is 22.3. The van der Waals surface area contributed by atoms with Crippen molar-refractivity contribution in [3.63, 3.8) is 0 Å². The highest BCUT2D eigenvalue weighted by atomic mass is 35.5. The molecule has 0 aromatic carbocycles. The number of carbonyl (C=O) groups is 1. The van der Waals surface area contributed by atoms with Gasteiger partial charge < -0.3 is 16.4 Å². The molecule has 0 saturated carbocycles. The first-order chi connectivity index (χ1) is 9.81. The van der Waals surface area contributed by atoms with Gasteiger partial charge in [-0.05, 0) is 6.42 Å². The lowest BCUT2D eigenvalue weighted by molar-refractivity contribution is -0.121. The fraction of sp³-hybridized carbons (Fsp3) is 0.938. The van der Waals surface area contributed by atoms with Crippen molar-refractivity contribution < 1.29 is 4.79 Å². The molecule has 0 aromatic rings. The van der Waals surface area contributed by atoms with E-state index >= 15 is 0 Å². The monoisotopic (exact) mass is 357 g/mol. The molecule has 6 heteroatoms. The van der Waals surface area contributed by atoms with Crippen LogP contribution in [0.25, 0.3) is 0 Å². The molecule has 1 amide bonds. The average Bonchev–Trinajstić information content (AvgIpc) is 2.45. The third-order valence-electron chi connectivity index (χ3n) is 3.45. The maximum absolute atomic E-state index is 11.5. The van der Waals surface area contributed by atoms with Crippen molar-refractivity contribution in [2.24, 2.45) is 5.73 Å². The number of hydrogen-bond donors (Lipinski definition) is 3. The summed E-state index contributed by atoms with van der Waals surface area (Å²) in [5.74, 6) is 0.183. The van der Waals surface area contributed by atoms with Gasteiger partial charge in [0, 0.05) is 32.6 Å². The number of nitrogens with one attached hydrogen (secondary N) is 2. The molecule has 0 saturated heterocycles. The number of hydrogen-bond acceptors (Lipinski definition) is 3. The van der Waals surface area contributed by atoms with E-state index in [2.05, 4.69) is 17.6 Å². The van der Waals surface area contributed by atoms with E-state index in [1.54, 1.807) is 0 Å². The first-order valence-electron chi connectivity index (χ1n) is 8.48. The topological polar surface area (TPSA) is 67.2 Å². The van der Waals surface area contributed by atoms with Crippen LogP contribution in [0, 0.1) is 0 Å². The summed E-state index contributed by atoms with van der Waals surface area (Å²) < 4.78 is 0. The summed E-state index contributed by atoms with van der Waals surface area (Å²) in [4.78, 5) is 11.5. The van der Waals surface area contributed by atoms with Crippen LogP contribution in [-0.2, 0) is 4.79 Å². The van der Waals surface area contributed by atoms with E-state index in [0.717, 1.165) is 19.5 Å². The van der Waals surface area contributed by atoms with Gasteiger partial charge in [0.1, 0.15) is 0 Å². The SMILES string of the molecule is CCCCCCCCCCCC(=O)NCCNCCN.Cl.Cl. The molecule has 0 spiro atoms. The van der Waals surface area contributed by atoms with Gasteiger partial charge >= 0.3 is 0 Å². The van der Waals surface area contributed by atoms with Crippen LogP contribution in [0.3, 0.4) is 0 Å².